The molecule has 5 nitrogen and oxygen atoms in total. The lowest BCUT2D eigenvalue weighted by Gasteiger charge is -2.07. The summed E-state index contributed by atoms with van der Waals surface area (Å²) in [6.07, 6.45) is -0.246. The highest BCUT2D eigenvalue weighted by atomic mass is 16.5. The lowest BCUT2D eigenvalue weighted by Crippen LogP contribution is -2.32. The number of para-hydroxylation sites is 1. The molecular formula is C10H12N2O3. The van der Waals surface area contributed by atoms with Crippen LogP contribution in [0, 0.1) is 0 Å². The lowest BCUT2D eigenvalue weighted by molar-refractivity contribution is -0.138. The van der Waals surface area contributed by atoms with Crippen molar-refractivity contribution in [2.75, 3.05) is 5.73 Å². The van der Waals surface area contributed by atoms with Crippen LogP contribution in [0.1, 0.15) is 16.8 Å². The van der Waals surface area contributed by atoms with Crippen LogP contribution in [0.15, 0.2) is 24.3 Å². The van der Waals surface area contributed by atoms with E-state index in [1.165, 1.54) is 0 Å². The lowest BCUT2D eigenvalue weighted by atomic mass is 10.2. The number of carboxylic acid groups (broad SMARTS) is 1. The van der Waals surface area contributed by atoms with Gasteiger partial charge in [0.05, 0.1) is 0 Å². The fourth-order valence-electron chi connectivity index (χ4n) is 1.15. The highest BCUT2D eigenvalue weighted by Gasteiger charge is 2.18. The molecule has 0 saturated carbocycles. The van der Waals surface area contributed by atoms with E-state index in [1.807, 2.05) is 0 Å². The molecule has 0 fully saturated rings. The third-order valence-corrected chi connectivity index (χ3v) is 1.98. The van der Waals surface area contributed by atoms with E-state index < -0.39 is 12.0 Å². The Bertz CT molecular complexity index is 390. The normalized spacial score (nSPS) is 12.1. The van der Waals surface area contributed by atoms with Gasteiger partial charge in [-0.15, -0.1) is 0 Å². The number of nitrogens with two attached hydrogens (primary N) is 2. The Morgan fingerprint density at radius 2 is 1.93 bits per heavy atom. The van der Waals surface area contributed by atoms with Gasteiger partial charge in [0.25, 0.3) is 0 Å². The molecule has 0 saturated heterocycles. The number of ketones is 1. The first-order chi connectivity index (χ1) is 7.02. The molecule has 80 valence electrons. The zero-order chi connectivity index (χ0) is 11.4. The molecule has 0 unspecified atom stereocenters. The summed E-state index contributed by atoms with van der Waals surface area (Å²) in [4.78, 5) is 22.0. The van der Waals surface area contributed by atoms with Gasteiger partial charge in [-0.1, -0.05) is 12.1 Å². The van der Waals surface area contributed by atoms with Crippen molar-refractivity contribution in [1.82, 2.24) is 0 Å². The second-order valence-corrected chi connectivity index (χ2v) is 3.16. The van der Waals surface area contributed by atoms with E-state index in [1.54, 1.807) is 24.3 Å². The van der Waals surface area contributed by atoms with E-state index >= 15 is 0 Å². The van der Waals surface area contributed by atoms with Gasteiger partial charge in [-0.2, -0.15) is 0 Å². The fraction of sp³-hybridized carbons (Fsp3) is 0.200. The van der Waals surface area contributed by atoms with E-state index in [0.717, 1.165) is 0 Å². The van der Waals surface area contributed by atoms with Crippen LogP contribution in [0.4, 0.5) is 5.69 Å². The summed E-state index contributed by atoms with van der Waals surface area (Å²) in [5.41, 5.74) is 11.5. The Labute approximate surface area is 86.7 Å². The van der Waals surface area contributed by atoms with Crippen molar-refractivity contribution in [3.05, 3.63) is 29.8 Å². The standard InChI is InChI=1S/C10H12N2O3/c11-7-4-2-1-3-6(7)9(13)5-8(12)10(14)15/h1-4,8H,5,11-12H2,(H,14,15)/t8-/m0/s1/i5+1,8+1,9+1,10+1,11+1,12+1. The Hall–Kier alpha value is -1.88. The molecule has 0 aliphatic heterocycles. The summed E-state index contributed by atoms with van der Waals surface area (Å²) in [5, 5.41) is 8.54. The van der Waals surface area contributed by atoms with Crippen molar-refractivity contribution in [3.63, 3.8) is 0 Å². The topological polar surface area (TPSA) is 106 Å². The van der Waals surface area contributed by atoms with Crippen LogP contribution in [0.5, 0.6) is 0 Å². The van der Waals surface area contributed by atoms with Crippen LogP contribution >= 0.6 is 0 Å². The summed E-state index contributed by atoms with van der Waals surface area (Å²) in [7, 11) is 0. The Morgan fingerprint density at radius 3 is 2.47 bits per heavy atom. The van der Waals surface area contributed by atoms with E-state index in [-0.39, 0.29) is 12.2 Å². The van der Waals surface area contributed by atoms with Crippen molar-refractivity contribution in [2.24, 2.45) is 5.73 Å². The Morgan fingerprint density at radius 1 is 1.33 bits per heavy atom. The summed E-state index contributed by atoms with van der Waals surface area (Å²) in [6.45, 7) is 0. The minimum Gasteiger partial charge on any atom is -0.480 e. The minimum absolute atomic E-state index is 0.246. The number of hydrogen-bond acceptors (Lipinski definition) is 4. The number of aliphatic carboxylic acids is 1. The van der Waals surface area contributed by atoms with Crippen LogP contribution in [0.2, 0.25) is 0 Å². The molecular weight excluding hydrogens is 202 g/mol. The van der Waals surface area contributed by atoms with Gasteiger partial charge in [0, 0.05) is 17.7 Å². The molecule has 0 radical (unpaired) electrons. The van der Waals surface area contributed by atoms with Crippen LogP contribution in [-0.4, -0.2) is 22.9 Å². The van der Waals surface area contributed by atoms with E-state index in [2.05, 4.69) is 0 Å². The maximum atomic E-state index is 11.6. The molecule has 0 aromatic heterocycles. The molecule has 1 aromatic rings. The first kappa shape index (κ1) is 11.2. The van der Waals surface area contributed by atoms with Crippen LogP contribution in [0.3, 0.4) is 0 Å². The van der Waals surface area contributed by atoms with Gasteiger partial charge in [-0.3, -0.25) is 9.59 Å². The Kier molecular flexibility index (Phi) is 3.41. The molecule has 5 N–H and O–H groups in total. The molecule has 1 rings (SSSR count). The largest absolute Gasteiger partial charge is 0.480 e. The number of hydrogen-bond donors (Lipinski definition) is 3. The zero-order valence-electron chi connectivity index (χ0n) is 8.01. The van der Waals surface area contributed by atoms with Gasteiger partial charge in [0.15, 0.2) is 5.78 Å². The monoisotopic (exact) mass is 214 g/mol. The summed E-state index contributed by atoms with van der Waals surface area (Å²) in [6, 6.07) is 5.31. The van der Waals surface area contributed by atoms with Gasteiger partial charge in [0.1, 0.15) is 6.04 Å². The van der Waals surface area contributed by atoms with Gasteiger partial charge in [0.2, 0.25) is 0 Å². The average Bonchev–Trinajstić information content (AvgIpc) is 2.18. The molecule has 1 atom stereocenters. The predicted octanol–water partition coefficient (Wildman–Crippen LogP) is 0.254. The third-order valence-electron chi connectivity index (χ3n) is 1.98. The van der Waals surface area contributed by atoms with Crippen LogP contribution in [0.25, 0.3) is 0 Å². The van der Waals surface area contributed by atoms with E-state index in [0.29, 0.717) is 11.3 Å². The quantitative estimate of drug-likeness (QED) is 0.288. The summed E-state index contributed by atoms with van der Waals surface area (Å²) < 4.78 is 0. The molecule has 0 spiro atoms. The minimum atomic E-state index is -1.20. The van der Waals surface area contributed by atoms with E-state index in [4.69, 9.17) is 16.6 Å². The number of anilines is 1. The maximum Gasteiger partial charge on any atom is 0.320 e. The predicted molar refractivity (Wildman–Crippen MR) is 55.4 cm³/mol. The van der Waals surface area contributed by atoms with Crippen molar-refractivity contribution >= 4 is 17.4 Å². The summed E-state index contributed by atoms with van der Waals surface area (Å²) >= 11 is 0. The number of benzene rings is 1. The second-order valence-electron chi connectivity index (χ2n) is 3.16. The number of carbonyl (C=O) groups excluding carboxylic acids is 1. The molecule has 0 amide bonds. The SMILES string of the molecule is [15NH2]c1ccccc1[13C](=O)[13CH2][13C@H]([15NH2])[13C](=O)O. The summed E-state index contributed by atoms with van der Waals surface area (Å²) in [5.74, 6) is -1.55. The number of rotatable bonds is 4. The smallest absolute Gasteiger partial charge is 0.320 e. The van der Waals surface area contributed by atoms with Gasteiger partial charge in [-0.25, -0.2) is 0 Å². The van der Waals surface area contributed by atoms with Crippen LogP contribution in [-0.2, 0) is 4.79 Å². The molecule has 1 aromatic carbocycles. The molecule has 5 heteroatoms. The first-order valence-electron chi connectivity index (χ1n) is 4.38. The zero-order valence-corrected chi connectivity index (χ0v) is 8.01. The molecule has 0 heterocycles. The number of nitrogen functional groups attached to an aromatic ring is 1. The van der Waals surface area contributed by atoms with Gasteiger partial charge in [-0.05, 0) is 12.1 Å². The number of carbonyl (C=O) groups is 2. The number of carboxylic acids is 1. The second kappa shape index (κ2) is 4.56. The molecule has 0 bridgehead atoms. The molecule has 15 heavy (non-hydrogen) atoms. The first-order valence-corrected chi connectivity index (χ1v) is 4.38. The van der Waals surface area contributed by atoms with Crippen molar-refractivity contribution in [2.45, 2.75) is 12.5 Å². The van der Waals surface area contributed by atoms with Gasteiger partial charge < -0.3 is 16.6 Å². The third kappa shape index (κ3) is 2.78. The highest BCUT2D eigenvalue weighted by molar-refractivity contribution is 6.02. The Balaban J connectivity index is 2.78. The molecule has 0 aliphatic rings. The average molecular weight is 214 g/mol. The van der Waals surface area contributed by atoms with Crippen molar-refractivity contribution in [1.29, 1.82) is 0 Å². The van der Waals surface area contributed by atoms with Crippen LogP contribution < -0.4 is 11.5 Å². The maximum absolute atomic E-state index is 11.6. The van der Waals surface area contributed by atoms with E-state index in [9.17, 15) is 9.59 Å². The van der Waals surface area contributed by atoms with Gasteiger partial charge >= 0.3 is 5.97 Å². The number of Topliss-reactive ketones (excluding diaryl/α,β-unsaturated/α-hetero) is 1. The van der Waals surface area contributed by atoms with Crippen molar-refractivity contribution in [3.8, 4) is 0 Å². The molecule has 0 aliphatic carbocycles. The highest BCUT2D eigenvalue weighted by Crippen LogP contribution is 2.13. The fourth-order valence-corrected chi connectivity index (χ4v) is 1.15. The van der Waals surface area contributed by atoms with Crippen molar-refractivity contribution < 1.29 is 14.7 Å².